The molecular formula is C18H23N3O5S. The molecule has 0 unspecified atom stereocenters. The number of sulfonamides is 1. The van der Waals surface area contributed by atoms with Gasteiger partial charge in [0.15, 0.2) is 0 Å². The van der Waals surface area contributed by atoms with Gasteiger partial charge in [0.05, 0.1) is 18.1 Å². The summed E-state index contributed by atoms with van der Waals surface area (Å²) in [6.45, 7) is -0.0398. The smallest absolute Gasteiger partial charge is 0.319 e. The van der Waals surface area contributed by atoms with Crippen LogP contribution in [0.4, 0.5) is 10.5 Å². The van der Waals surface area contributed by atoms with Crippen molar-refractivity contribution >= 4 is 21.7 Å². The highest BCUT2D eigenvalue weighted by Crippen LogP contribution is 2.24. The number of methoxy groups -OCH3 is 1. The summed E-state index contributed by atoms with van der Waals surface area (Å²) in [4.78, 5) is 12.1. The van der Waals surface area contributed by atoms with Crippen LogP contribution >= 0.6 is 0 Å². The van der Waals surface area contributed by atoms with E-state index >= 15 is 0 Å². The van der Waals surface area contributed by atoms with E-state index in [0.29, 0.717) is 17.0 Å². The van der Waals surface area contributed by atoms with Crippen molar-refractivity contribution in [1.29, 1.82) is 0 Å². The molecule has 27 heavy (non-hydrogen) atoms. The van der Waals surface area contributed by atoms with Crippen molar-refractivity contribution < 1.29 is 23.1 Å². The van der Waals surface area contributed by atoms with E-state index in [2.05, 4.69) is 10.6 Å². The predicted molar refractivity (Wildman–Crippen MR) is 102 cm³/mol. The summed E-state index contributed by atoms with van der Waals surface area (Å²) in [6.07, 6.45) is -0.952. The quantitative estimate of drug-likeness (QED) is 0.665. The molecule has 3 N–H and O–H groups in total. The second kappa shape index (κ2) is 8.85. The van der Waals surface area contributed by atoms with Crippen LogP contribution in [-0.2, 0) is 10.0 Å². The number of nitrogens with one attached hydrogen (secondary N) is 2. The Bertz CT molecular complexity index is 899. The molecule has 2 rings (SSSR count). The van der Waals surface area contributed by atoms with E-state index in [1.807, 2.05) is 0 Å². The number of aliphatic hydroxyl groups excluding tert-OH is 1. The fourth-order valence-corrected chi connectivity index (χ4v) is 3.31. The van der Waals surface area contributed by atoms with Crippen molar-refractivity contribution in [3.63, 3.8) is 0 Å². The Morgan fingerprint density at radius 3 is 2.56 bits per heavy atom. The molecule has 2 amide bonds. The molecule has 146 valence electrons. The third-order valence-corrected chi connectivity index (χ3v) is 5.64. The van der Waals surface area contributed by atoms with Gasteiger partial charge in [0.1, 0.15) is 5.75 Å². The zero-order chi connectivity index (χ0) is 20.0. The molecule has 0 bridgehead atoms. The molecule has 0 saturated heterocycles. The summed E-state index contributed by atoms with van der Waals surface area (Å²) < 4.78 is 30.6. The summed E-state index contributed by atoms with van der Waals surface area (Å²) in [6, 6.07) is 12.3. The number of anilines is 1. The highest BCUT2D eigenvalue weighted by Gasteiger charge is 2.18. The van der Waals surface area contributed by atoms with Gasteiger partial charge in [-0.05, 0) is 24.3 Å². The van der Waals surface area contributed by atoms with Crippen LogP contribution in [0.25, 0.3) is 0 Å². The number of para-hydroxylation sites is 1. The third-order valence-electron chi connectivity index (χ3n) is 3.82. The number of amides is 2. The molecule has 0 heterocycles. The van der Waals surface area contributed by atoms with Gasteiger partial charge in [0.25, 0.3) is 0 Å². The minimum Gasteiger partial charge on any atom is -0.496 e. The molecule has 0 spiro atoms. The van der Waals surface area contributed by atoms with Crippen LogP contribution in [0.3, 0.4) is 0 Å². The standard InChI is InChI=1S/C18H23N3O5S/c1-21(2)27(24,25)14-8-6-7-13(11-14)20-18(23)19-12-16(22)15-9-4-5-10-17(15)26-3/h4-11,16,22H,12H2,1-3H3,(H2,19,20,23)/t16-/m0/s1. The van der Waals surface area contributed by atoms with Crippen LogP contribution in [0.5, 0.6) is 5.75 Å². The SMILES string of the molecule is COc1ccccc1[C@@H](O)CNC(=O)Nc1cccc(S(=O)(=O)N(C)C)c1. The van der Waals surface area contributed by atoms with Crippen LogP contribution in [0.15, 0.2) is 53.4 Å². The van der Waals surface area contributed by atoms with Crippen LogP contribution in [0.1, 0.15) is 11.7 Å². The van der Waals surface area contributed by atoms with Gasteiger partial charge in [-0.2, -0.15) is 0 Å². The predicted octanol–water partition coefficient (Wildman–Crippen LogP) is 1.80. The van der Waals surface area contributed by atoms with E-state index in [-0.39, 0.29) is 11.4 Å². The first-order chi connectivity index (χ1) is 12.8. The Kier molecular flexibility index (Phi) is 6.78. The average Bonchev–Trinajstić information content (AvgIpc) is 2.66. The maximum atomic E-state index is 12.2. The lowest BCUT2D eigenvalue weighted by molar-refractivity contribution is 0.171. The Morgan fingerprint density at radius 2 is 1.89 bits per heavy atom. The van der Waals surface area contributed by atoms with Gasteiger partial charge in [-0.1, -0.05) is 24.3 Å². The summed E-state index contributed by atoms with van der Waals surface area (Å²) in [5.41, 5.74) is 0.876. The molecular weight excluding hydrogens is 370 g/mol. The number of rotatable bonds is 7. The highest BCUT2D eigenvalue weighted by molar-refractivity contribution is 7.89. The fraction of sp³-hybridized carbons (Fsp3) is 0.278. The summed E-state index contributed by atoms with van der Waals surface area (Å²) >= 11 is 0. The van der Waals surface area contributed by atoms with Crippen molar-refractivity contribution in [2.45, 2.75) is 11.0 Å². The number of carbonyl (C=O) groups is 1. The number of aliphatic hydroxyl groups is 1. The average molecular weight is 393 g/mol. The number of hydrogen-bond acceptors (Lipinski definition) is 5. The Balaban J connectivity index is 2.00. The van der Waals surface area contributed by atoms with Gasteiger partial charge in [-0.15, -0.1) is 0 Å². The highest BCUT2D eigenvalue weighted by atomic mass is 32.2. The lowest BCUT2D eigenvalue weighted by Crippen LogP contribution is -2.32. The van der Waals surface area contributed by atoms with Crippen molar-refractivity contribution in [2.24, 2.45) is 0 Å². The lowest BCUT2D eigenvalue weighted by Gasteiger charge is -2.16. The second-order valence-corrected chi connectivity index (χ2v) is 8.06. The monoisotopic (exact) mass is 393 g/mol. The van der Waals surface area contributed by atoms with Crippen molar-refractivity contribution in [3.05, 3.63) is 54.1 Å². The Morgan fingerprint density at radius 1 is 1.19 bits per heavy atom. The normalized spacial score (nSPS) is 12.5. The number of benzene rings is 2. The molecule has 2 aromatic carbocycles. The molecule has 0 saturated carbocycles. The van der Waals surface area contributed by atoms with Gasteiger partial charge in [0, 0.05) is 31.9 Å². The maximum Gasteiger partial charge on any atom is 0.319 e. The number of urea groups is 1. The number of hydrogen-bond donors (Lipinski definition) is 3. The first-order valence-electron chi connectivity index (χ1n) is 8.14. The second-order valence-electron chi connectivity index (χ2n) is 5.91. The van der Waals surface area contributed by atoms with E-state index < -0.39 is 22.2 Å². The molecule has 1 atom stereocenters. The summed E-state index contributed by atoms with van der Waals surface area (Å²) in [7, 11) is 0.767. The minimum absolute atomic E-state index is 0.0398. The third kappa shape index (κ3) is 5.19. The van der Waals surface area contributed by atoms with Crippen molar-refractivity contribution in [1.82, 2.24) is 9.62 Å². The maximum absolute atomic E-state index is 12.2. The van der Waals surface area contributed by atoms with E-state index in [0.717, 1.165) is 4.31 Å². The molecule has 0 aromatic heterocycles. The van der Waals surface area contributed by atoms with Crippen molar-refractivity contribution in [3.8, 4) is 5.75 Å². The Hall–Kier alpha value is -2.62. The molecule has 0 aliphatic heterocycles. The number of carbonyl (C=O) groups excluding carboxylic acids is 1. The van der Waals surface area contributed by atoms with Gasteiger partial charge in [-0.3, -0.25) is 0 Å². The van der Waals surface area contributed by atoms with E-state index in [9.17, 15) is 18.3 Å². The van der Waals surface area contributed by atoms with Crippen LogP contribution in [0, 0.1) is 0 Å². The van der Waals surface area contributed by atoms with Gasteiger partial charge in [0.2, 0.25) is 10.0 Å². The number of ether oxygens (including phenoxy) is 1. The van der Waals surface area contributed by atoms with E-state index in [1.54, 1.807) is 30.3 Å². The first-order valence-corrected chi connectivity index (χ1v) is 9.58. The summed E-state index contributed by atoms with van der Waals surface area (Å²) in [5.74, 6) is 0.522. The largest absolute Gasteiger partial charge is 0.496 e. The van der Waals surface area contributed by atoms with E-state index in [1.165, 1.54) is 39.4 Å². The molecule has 0 fully saturated rings. The molecule has 0 aliphatic rings. The fourth-order valence-electron chi connectivity index (χ4n) is 2.36. The lowest BCUT2D eigenvalue weighted by atomic mass is 10.1. The zero-order valence-corrected chi connectivity index (χ0v) is 16.2. The molecule has 0 aliphatic carbocycles. The molecule has 8 nitrogen and oxygen atoms in total. The van der Waals surface area contributed by atoms with Crippen LogP contribution in [0.2, 0.25) is 0 Å². The van der Waals surface area contributed by atoms with Crippen LogP contribution < -0.4 is 15.4 Å². The van der Waals surface area contributed by atoms with Gasteiger partial charge < -0.3 is 20.5 Å². The van der Waals surface area contributed by atoms with E-state index in [4.69, 9.17) is 4.74 Å². The zero-order valence-electron chi connectivity index (χ0n) is 15.3. The van der Waals surface area contributed by atoms with Gasteiger partial charge >= 0.3 is 6.03 Å². The summed E-state index contributed by atoms with van der Waals surface area (Å²) in [5, 5.41) is 15.4. The Labute approximate surface area is 158 Å². The van der Waals surface area contributed by atoms with Crippen LogP contribution in [-0.4, -0.2) is 51.6 Å². The first kappa shape index (κ1) is 20.7. The van der Waals surface area contributed by atoms with Gasteiger partial charge in [-0.25, -0.2) is 17.5 Å². The minimum atomic E-state index is -3.60. The number of nitrogens with zero attached hydrogens (tertiary/aromatic N) is 1. The molecule has 2 aromatic rings. The topological polar surface area (TPSA) is 108 Å². The van der Waals surface area contributed by atoms with Crippen molar-refractivity contribution in [2.75, 3.05) is 33.1 Å². The molecule has 0 radical (unpaired) electrons. The molecule has 9 heteroatoms.